The first kappa shape index (κ1) is 21.2. The minimum Gasteiger partial charge on any atom is -0.465 e. The van der Waals surface area contributed by atoms with Gasteiger partial charge in [-0.2, -0.15) is 0 Å². The van der Waals surface area contributed by atoms with Gasteiger partial charge >= 0.3 is 5.97 Å². The molecule has 4 aromatic carbocycles. The van der Waals surface area contributed by atoms with Crippen LogP contribution in [0.25, 0.3) is 5.57 Å². The molecule has 4 aromatic rings. The molecule has 5 rings (SSSR count). The summed E-state index contributed by atoms with van der Waals surface area (Å²) < 4.78 is 5.41. The SMILES string of the molecule is COC(=O)C1=P(c2ccccc2)(c2ccccc2)c2ccccc2C(c2ccc(C)cc2)=C1. The fourth-order valence-corrected chi connectivity index (χ4v) is 9.18. The normalized spacial score (nSPS) is 14.2. The van der Waals surface area contributed by atoms with Crippen LogP contribution in [0.15, 0.2) is 115 Å². The van der Waals surface area contributed by atoms with E-state index >= 15 is 0 Å². The Morgan fingerprint density at radius 1 is 0.697 bits per heavy atom. The predicted octanol–water partition coefficient (Wildman–Crippen LogP) is 5.08. The Balaban J connectivity index is 2.00. The minimum absolute atomic E-state index is 0.282. The number of ether oxygens (including phenoxy) is 1. The number of benzene rings is 4. The van der Waals surface area contributed by atoms with E-state index in [4.69, 9.17) is 4.74 Å². The van der Waals surface area contributed by atoms with Crippen molar-refractivity contribution in [2.45, 2.75) is 6.92 Å². The predicted molar refractivity (Wildman–Crippen MR) is 140 cm³/mol. The van der Waals surface area contributed by atoms with Gasteiger partial charge in [0.25, 0.3) is 0 Å². The second-order valence-corrected chi connectivity index (χ2v) is 11.5. The summed E-state index contributed by atoms with van der Waals surface area (Å²) in [6.07, 6.45) is 2.08. The lowest BCUT2D eigenvalue weighted by Gasteiger charge is -2.36. The molecule has 1 aliphatic rings. The van der Waals surface area contributed by atoms with Crippen LogP contribution in [0.5, 0.6) is 0 Å². The Bertz CT molecular complexity index is 1360. The summed E-state index contributed by atoms with van der Waals surface area (Å²) in [5.74, 6) is -0.282. The van der Waals surface area contributed by atoms with Gasteiger partial charge in [0, 0.05) is 0 Å². The van der Waals surface area contributed by atoms with Gasteiger partial charge < -0.3 is 4.74 Å². The molecule has 0 radical (unpaired) electrons. The van der Waals surface area contributed by atoms with Gasteiger partial charge in [-0.05, 0) is 52.5 Å². The van der Waals surface area contributed by atoms with Crippen LogP contribution in [0.4, 0.5) is 0 Å². The fourth-order valence-electron chi connectivity index (χ4n) is 4.72. The Kier molecular flexibility index (Phi) is 5.62. The van der Waals surface area contributed by atoms with Crippen LogP contribution in [0.3, 0.4) is 0 Å². The monoisotopic (exact) mass is 448 g/mol. The number of esters is 1. The molecular formula is C30H25O2P. The standard InChI is InChI=1S/C30H25O2P/c1-22-17-19-23(20-18-22)27-21-29(30(31)32-2)33(24-11-5-3-6-12-24,25-13-7-4-8-14-25)28-16-10-9-15-26(27)28/h3-21H,1-2H3. The van der Waals surface area contributed by atoms with Crippen LogP contribution in [-0.4, -0.2) is 18.4 Å². The maximum Gasteiger partial charge on any atom is 0.338 e. The number of hydrogen-bond donors (Lipinski definition) is 0. The number of hydrogen-bond acceptors (Lipinski definition) is 2. The van der Waals surface area contributed by atoms with Gasteiger partial charge in [0.1, 0.15) is 0 Å². The first-order valence-corrected chi connectivity index (χ1v) is 12.8. The first-order chi connectivity index (χ1) is 16.2. The lowest BCUT2D eigenvalue weighted by atomic mass is 9.95. The second-order valence-electron chi connectivity index (χ2n) is 8.16. The molecule has 0 unspecified atom stereocenters. The van der Waals surface area contributed by atoms with Crippen LogP contribution in [0.2, 0.25) is 0 Å². The van der Waals surface area contributed by atoms with Crippen molar-refractivity contribution in [2.24, 2.45) is 0 Å². The average Bonchev–Trinajstić information content (AvgIpc) is 2.89. The zero-order valence-electron chi connectivity index (χ0n) is 18.7. The molecule has 3 heteroatoms. The van der Waals surface area contributed by atoms with E-state index in [1.165, 1.54) is 18.0 Å². The molecule has 0 spiro atoms. The van der Waals surface area contributed by atoms with Crippen molar-refractivity contribution in [1.29, 1.82) is 0 Å². The number of carbonyl (C=O) groups excluding carboxylic acids is 1. The van der Waals surface area contributed by atoms with Crippen molar-refractivity contribution in [1.82, 2.24) is 0 Å². The van der Waals surface area contributed by atoms with E-state index in [0.717, 1.165) is 32.6 Å². The topological polar surface area (TPSA) is 26.3 Å². The van der Waals surface area contributed by atoms with Crippen molar-refractivity contribution in [2.75, 3.05) is 7.11 Å². The summed E-state index contributed by atoms with van der Waals surface area (Å²) in [5.41, 5.74) is 4.51. The number of carbonyl (C=O) groups is 1. The summed E-state index contributed by atoms with van der Waals surface area (Å²) >= 11 is 0. The zero-order valence-corrected chi connectivity index (χ0v) is 19.6. The quantitative estimate of drug-likeness (QED) is 0.322. The third-order valence-corrected chi connectivity index (χ3v) is 10.5. The number of methoxy groups -OCH3 is 1. The Morgan fingerprint density at radius 3 is 1.82 bits per heavy atom. The highest BCUT2D eigenvalue weighted by Crippen LogP contribution is 2.51. The highest BCUT2D eigenvalue weighted by molar-refractivity contribution is 7.97. The van der Waals surface area contributed by atoms with Crippen LogP contribution < -0.4 is 15.9 Å². The molecule has 162 valence electrons. The molecule has 0 bridgehead atoms. The van der Waals surface area contributed by atoms with Gasteiger partial charge in [0.15, 0.2) is 0 Å². The van der Waals surface area contributed by atoms with Crippen LogP contribution in [0, 0.1) is 6.92 Å². The van der Waals surface area contributed by atoms with E-state index in [1.54, 1.807) is 0 Å². The average molecular weight is 449 g/mol. The molecular weight excluding hydrogens is 423 g/mol. The molecule has 0 saturated heterocycles. The molecule has 0 atom stereocenters. The van der Waals surface area contributed by atoms with Crippen molar-refractivity contribution in [3.05, 3.63) is 132 Å². The summed E-state index contributed by atoms with van der Waals surface area (Å²) in [5, 5.41) is 4.18. The van der Waals surface area contributed by atoms with Crippen molar-refractivity contribution < 1.29 is 9.53 Å². The van der Waals surface area contributed by atoms with E-state index < -0.39 is 6.89 Å². The first-order valence-electron chi connectivity index (χ1n) is 11.0. The molecule has 1 aliphatic heterocycles. The van der Waals surface area contributed by atoms with E-state index in [0.29, 0.717) is 0 Å². The Morgan fingerprint density at radius 2 is 1.24 bits per heavy atom. The van der Waals surface area contributed by atoms with Crippen molar-refractivity contribution in [3.63, 3.8) is 0 Å². The van der Waals surface area contributed by atoms with E-state index in [1.807, 2.05) is 12.1 Å². The summed E-state index contributed by atoms with van der Waals surface area (Å²) in [6, 6.07) is 37.8. The number of aryl methyl sites for hydroxylation is 1. The molecule has 0 saturated carbocycles. The molecule has 33 heavy (non-hydrogen) atoms. The van der Waals surface area contributed by atoms with Gasteiger partial charge in [0.05, 0.1) is 12.4 Å². The maximum atomic E-state index is 13.5. The third-order valence-electron chi connectivity index (χ3n) is 6.24. The van der Waals surface area contributed by atoms with Gasteiger partial charge in [0.2, 0.25) is 0 Å². The van der Waals surface area contributed by atoms with Gasteiger partial charge in [-0.1, -0.05) is 115 Å². The summed E-state index contributed by atoms with van der Waals surface area (Å²) in [7, 11) is 1.47. The number of fused-ring (bicyclic) bond motifs is 1. The molecule has 0 aliphatic carbocycles. The zero-order chi connectivity index (χ0) is 22.8. The van der Waals surface area contributed by atoms with Gasteiger partial charge in [-0.25, -0.2) is 4.79 Å². The Labute approximate surface area is 195 Å². The lowest BCUT2D eigenvalue weighted by molar-refractivity contribution is -0.132. The maximum absolute atomic E-state index is 13.5. The molecule has 0 N–H and O–H groups in total. The molecule has 0 amide bonds. The fraction of sp³-hybridized carbons (Fsp3) is 0.0667. The van der Waals surface area contributed by atoms with E-state index in [-0.39, 0.29) is 5.97 Å². The van der Waals surface area contributed by atoms with Crippen LogP contribution in [-0.2, 0) is 9.53 Å². The van der Waals surface area contributed by atoms with Crippen LogP contribution >= 0.6 is 6.89 Å². The smallest absolute Gasteiger partial charge is 0.338 e. The largest absolute Gasteiger partial charge is 0.465 e. The van der Waals surface area contributed by atoms with Crippen LogP contribution in [0.1, 0.15) is 16.7 Å². The van der Waals surface area contributed by atoms with Gasteiger partial charge in [-0.15, -0.1) is 0 Å². The van der Waals surface area contributed by atoms with E-state index in [2.05, 4.69) is 110 Å². The minimum atomic E-state index is -2.47. The lowest BCUT2D eigenvalue weighted by Crippen LogP contribution is -2.37. The van der Waals surface area contributed by atoms with Crippen molar-refractivity contribution in [3.8, 4) is 0 Å². The highest BCUT2D eigenvalue weighted by Gasteiger charge is 2.37. The molecule has 1 heterocycles. The van der Waals surface area contributed by atoms with E-state index in [9.17, 15) is 4.79 Å². The number of rotatable bonds is 4. The highest BCUT2D eigenvalue weighted by atomic mass is 31.2. The van der Waals surface area contributed by atoms with Crippen molar-refractivity contribution >= 4 is 39.6 Å². The summed E-state index contributed by atoms with van der Waals surface area (Å²) in [6.45, 7) is -0.386. The molecule has 0 aromatic heterocycles. The third kappa shape index (κ3) is 3.48. The molecule has 0 fully saturated rings. The molecule has 2 nitrogen and oxygen atoms in total. The summed E-state index contributed by atoms with van der Waals surface area (Å²) in [4.78, 5) is 13.5. The van der Waals surface area contributed by atoms with Gasteiger partial charge in [-0.3, -0.25) is 0 Å². The Hall–Kier alpha value is -3.61. The second kappa shape index (κ2) is 8.73.